The van der Waals surface area contributed by atoms with Gasteiger partial charge in [-0.05, 0) is 45.7 Å². The van der Waals surface area contributed by atoms with Crippen LogP contribution in [0.25, 0.3) is 0 Å². The van der Waals surface area contributed by atoms with Crippen molar-refractivity contribution < 1.29 is 4.74 Å². The van der Waals surface area contributed by atoms with Gasteiger partial charge in [-0.25, -0.2) is 0 Å². The number of aryl methyl sites for hydroxylation is 2. The van der Waals surface area contributed by atoms with Crippen LogP contribution in [0, 0.1) is 12.3 Å². The zero-order valence-electron chi connectivity index (χ0n) is 12.5. The summed E-state index contributed by atoms with van der Waals surface area (Å²) in [5, 5.41) is 8.13. The molecule has 108 valence electrons. The van der Waals surface area contributed by atoms with E-state index in [0.717, 1.165) is 51.4 Å². The number of hydrogen-bond acceptors (Lipinski definition) is 3. The Bertz CT molecular complexity index is 394. The van der Waals surface area contributed by atoms with Gasteiger partial charge in [-0.1, -0.05) is 6.92 Å². The average molecular weight is 265 g/mol. The third-order valence-corrected chi connectivity index (χ3v) is 3.95. The summed E-state index contributed by atoms with van der Waals surface area (Å²) in [4.78, 5) is 0. The van der Waals surface area contributed by atoms with Gasteiger partial charge in [0.25, 0.3) is 0 Å². The van der Waals surface area contributed by atoms with Crippen LogP contribution in [0.15, 0.2) is 6.07 Å². The lowest BCUT2D eigenvalue weighted by molar-refractivity contribution is 0.148. The van der Waals surface area contributed by atoms with Crippen LogP contribution in [0.2, 0.25) is 0 Å². The molecule has 0 saturated carbocycles. The van der Waals surface area contributed by atoms with Gasteiger partial charge in [-0.15, -0.1) is 0 Å². The molecule has 0 aromatic carbocycles. The Morgan fingerprint density at radius 2 is 2.32 bits per heavy atom. The summed E-state index contributed by atoms with van der Waals surface area (Å²) in [6, 6.07) is 2.23. The van der Waals surface area contributed by atoms with E-state index in [1.807, 2.05) is 0 Å². The molecule has 1 fully saturated rings. The van der Waals surface area contributed by atoms with Gasteiger partial charge in [-0.2, -0.15) is 5.10 Å². The number of nitrogens with one attached hydrogen (secondary N) is 1. The van der Waals surface area contributed by atoms with Crippen molar-refractivity contribution in [2.45, 2.75) is 46.6 Å². The Labute approximate surface area is 116 Å². The molecule has 4 nitrogen and oxygen atoms in total. The smallest absolute Gasteiger partial charge is 0.0596 e. The lowest BCUT2D eigenvalue weighted by atomic mass is 9.82. The largest absolute Gasteiger partial charge is 0.381 e. The minimum atomic E-state index is 0.258. The molecule has 0 radical (unpaired) electrons. The molecule has 0 amide bonds. The highest BCUT2D eigenvalue weighted by Crippen LogP contribution is 2.32. The van der Waals surface area contributed by atoms with Gasteiger partial charge in [0.05, 0.1) is 12.3 Å². The van der Waals surface area contributed by atoms with Gasteiger partial charge in [0.1, 0.15) is 0 Å². The first-order valence-electron chi connectivity index (χ1n) is 7.51. The molecule has 0 spiro atoms. The maximum atomic E-state index is 5.67. The molecule has 1 atom stereocenters. The standard InChI is InChI=1S/C15H27N3O/c1-4-7-16-11-15(6-8-19-12-15)10-14-9-13(3)17-18(14)5-2/h9,16H,4-8,10-12H2,1-3H3. The highest BCUT2D eigenvalue weighted by Gasteiger charge is 2.35. The van der Waals surface area contributed by atoms with Crippen LogP contribution in [0.5, 0.6) is 0 Å². The van der Waals surface area contributed by atoms with Gasteiger partial charge < -0.3 is 10.1 Å². The number of ether oxygens (including phenoxy) is 1. The molecule has 0 bridgehead atoms. The van der Waals surface area contributed by atoms with Crippen molar-refractivity contribution in [2.75, 3.05) is 26.3 Å². The number of nitrogens with zero attached hydrogens (tertiary/aromatic N) is 2. The second-order valence-corrected chi connectivity index (χ2v) is 5.75. The van der Waals surface area contributed by atoms with Crippen molar-refractivity contribution in [3.63, 3.8) is 0 Å². The van der Waals surface area contributed by atoms with Crippen LogP contribution in [0.1, 0.15) is 38.1 Å². The summed E-state index contributed by atoms with van der Waals surface area (Å²) in [7, 11) is 0. The normalized spacial score (nSPS) is 23.1. The maximum absolute atomic E-state index is 5.67. The van der Waals surface area contributed by atoms with Crippen molar-refractivity contribution in [1.82, 2.24) is 15.1 Å². The van der Waals surface area contributed by atoms with Crippen molar-refractivity contribution in [3.8, 4) is 0 Å². The first-order valence-corrected chi connectivity index (χ1v) is 7.51. The Hall–Kier alpha value is -0.870. The zero-order chi connectivity index (χ0) is 13.7. The lowest BCUT2D eigenvalue weighted by Gasteiger charge is -2.28. The van der Waals surface area contributed by atoms with E-state index in [1.54, 1.807) is 0 Å². The van der Waals surface area contributed by atoms with Gasteiger partial charge in [0.15, 0.2) is 0 Å². The minimum absolute atomic E-state index is 0.258. The van der Waals surface area contributed by atoms with Crippen molar-refractivity contribution in [2.24, 2.45) is 5.41 Å². The lowest BCUT2D eigenvalue weighted by Crippen LogP contribution is -2.37. The van der Waals surface area contributed by atoms with E-state index in [-0.39, 0.29) is 5.41 Å². The van der Waals surface area contributed by atoms with Gasteiger partial charge in [0, 0.05) is 30.8 Å². The Kier molecular flexibility index (Phi) is 4.99. The summed E-state index contributed by atoms with van der Waals surface area (Å²) in [6.45, 7) is 11.3. The summed E-state index contributed by atoms with van der Waals surface area (Å²) in [5.41, 5.74) is 2.73. The molecule has 1 aromatic rings. The molecule has 2 heterocycles. The molecule has 1 aliphatic heterocycles. The topological polar surface area (TPSA) is 39.1 Å². The second-order valence-electron chi connectivity index (χ2n) is 5.75. The molecular weight excluding hydrogens is 238 g/mol. The molecular formula is C15H27N3O. The Balaban J connectivity index is 2.07. The van der Waals surface area contributed by atoms with Crippen LogP contribution >= 0.6 is 0 Å². The summed E-state index contributed by atoms with van der Waals surface area (Å²) in [5.74, 6) is 0. The first-order chi connectivity index (χ1) is 9.19. The predicted molar refractivity (Wildman–Crippen MR) is 77.4 cm³/mol. The first kappa shape index (κ1) is 14.5. The van der Waals surface area contributed by atoms with E-state index in [4.69, 9.17) is 4.74 Å². The quantitative estimate of drug-likeness (QED) is 0.768. The van der Waals surface area contributed by atoms with Crippen molar-refractivity contribution in [1.29, 1.82) is 0 Å². The number of aromatic nitrogens is 2. The second kappa shape index (κ2) is 6.53. The fraction of sp³-hybridized carbons (Fsp3) is 0.800. The highest BCUT2D eigenvalue weighted by atomic mass is 16.5. The van der Waals surface area contributed by atoms with Gasteiger partial charge in [0.2, 0.25) is 0 Å². The fourth-order valence-corrected chi connectivity index (χ4v) is 2.92. The Morgan fingerprint density at radius 3 is 2.95 bits per heavy atom. The molecule has 0 aliphatic carbocycles. The SMILES string of the molecule is CCCNCC1(Cc2cc(C)nn2CC)CCOC1. The monoisotopic (exact) mass is 265 g/mol. The van der Waals surface area contributed by atoms with Crippen LogP contribution in [-0.2, 0) is 17.7 Å². The molecule has 1 saturated heterocycles. The molecule has 1 unspecified atom stereocenters. The van der Waals surface area contributed by atoms with Crippen LogP contribution in [0.3, 0.4) is 0 Å². The summed E-state index contributed by atoms with van der Waals surface area (Å²) < 4.78 is 7.81. The van der Waals surface area contributed by atoms with E-state index >= 15 is 0 Å². The third-order valence-electron chi connectivity index (χ3n) is 3.95. The van der Waals surface area contributed by atoms with Gasteiger partial charge in [-0.3, -0.25) is 4.68 Å². The van der Waals surface area contributed by atoms with Gasteiger partial charge >= 0.3 is 0 Å². The average Bonchev–Trinajstić information content (AvgIpc) is 2.97. The highest BCUT2D eigenvalue weighted by molar-refractivity contribution is 5.12. The maximum Gasteiger partial charge on any atom is 0.0596 e. The van der Waals surface area contributed by atoms with E-state index < -0.39 is 0 Å². The zero-order valence-corrected chi connectivity index (χ0v) is 12.5. The van der Waals surface area contributed by atoms with Crippen LogP contribution in [-0.4, -0.2) is 36.1 Å². The third kappa shape index (κ3) is 3.57. The fourth-order valence-electron chi connectivity index (χ4n) is 2.92. The van der Waals surface area contributed by atoms with Crippen molar-refractivity contribution in [3.05, 3.63) is 17.5 Å². The molecule has 2 rings (SSSR count). The van der Waals surface area contributed by atoms with Crippen LogP contribution in [0.4, 0.5) is 0 Å². The van der Waals surface area contributed by atoms with Crippen molar-refractivity contribution >= 4 is 0 Å². The molecule has 19 heavy (non-hydrogen) atoms. The molecule has 1 aliphatic rings. The minimum Gasteiger partial charge on any atom is -0.381 e. The van der Waals surface area contributed by atoms with E-state index in [9.17, 15) is 0 Å². The van der Waals surface area contributed by atoms with E-state index in [1.165, 1.54) is 12.1 Å². The molecule has 1 aromatic heterocycles. The van der Waals surface area contributed by atoms with E-state index in [0.29, 0.717) is 0 Å². The van der Waals surface area contributed by atoms with Crippen LogP contribution < -0.4 is 5.32 Å². The number of rotatable bonds is 7. The van der Waals surface area contributed by atoms with E-state index in [2.05, 4.69) is 41.9 Å². The number of hydrogen-bond donors (Lipinski definition) is 1. The Morgan fingerprint density at radius 1 is 1.47 bits per heavy atom. The molecule has 1 N–H and O–H groups in total. The molecule has 4 heteroatoms. The summed E-state index contributed by atoms with van der Waals surface area (Å²) >= 11 is 0. The predicted octanol–water partition coefficient (Wildman–Crippen LogP) is 2.16. The summed E-state index contributed by atoms with van der Waals surface area (Å²) in [6.07, 6.45) is 3.40.